The number of nitrogens with two attached hydrogens (primary N) is 1. The van der Waals surface area contributed by atoms with Crippen molar-refractivity contribution in [1.29, 1.82) is 0 Å². The zero-order chi connectivity index (χ0) is 18.1. The Morgan fingerprint density at radius 3 is 2.44 bits per heavy atom. The fourth-order valence-electron chi connectivity index (χ4n) is 4.91. The standard InChI is InChI=1S/C21H40N2O2/c1-3-4-13-25-19-12-8-11-18(14-19)16-21(22,20(24)23-2)15-17-9-6-5-7-10-17/h17-19H,3-16,22H2,1-2H3,(H,23,24)/t18-,19+,21+/m0/s1. The molecule has 2 rings (SSSR count). The molecule has 146 valence electrons. The van der Waals surface area contributed by atoms with Crippen LogP contribution < -0.4 is 11.1 Å². The van der Waals surface area contributed by atoms with E-state index in [4.69, 9.17) is 10.5 Å². The molecule has 0 aromatic heterocycles. The van der Waals surface area contributed by atoms with Crippen LogP contribution in [0.1, 0.15) is 90.4 Å². The van der Waals surface area contributed by atoms with E-state index in [0.717, 1.165) is 32.3 Å². The summed E-state index contributed by atoms with van der Waals surface area (Å²) in [6.45, 7) is 3.07. The lowest BCUT2D eigenvalue weighted by Crippen LogP contribution is -2.55. The number of amides is 1. The van der Waals surface area contributed by atoms with Gasteiger partial charge in [-0.3, -0.25) is 4.79 Å². The summed E-state index contributed by atoms with van der Waals surface area (Å²) in [4.78, 5) is 12.6. The Balaban J connectivity index is 1.91. The minimum atomic E-state index is -0.702. The first kappa shape index (κ1) is 20.7. The number of hydrogen-bond donors (Lipinski definition) is 2. The summed E-state index contributed by atoms with van der Waals surface area (Å²) >= 11 is 0. The fourth-order valence-corrected chi connectivity index (χ4v) is 4.91. The molecular formula is C21H40N2O2. The zero-order valence-electron chi connectivity index (χ0n) is 16.5. The summed E-state index contributed by atoms with van der Waals surface area (Å²) in [5.74, 6) is 1.18. The number of unbranched alkanes of at least 4 members (excludes halogenated alkanes) is 1. The van der Waals surface area contributed by atoms with Gasteiger partial charge in [0.2, 0.25) is 5.91 Å². The molecule has 2 saturated carbocycles. The van der Waals surface area contributed by atoms with Crippen molar-refractivity contribution >= 4 is 5.91 Å². The SMILES string of the molecule is CCCCO[C@@H]1CCC[C@H](C[C@](N)(CC2CCCCC2)C(=O)NC)C1. The first-order valence-corrected chi connectivity index (χ1v) is 10.7. The van der Waals surface area contributed by atoms with Crippen LogP contribution in [-0.2, 0) is 9.53 Å². The van der Waals surface area contributed by atoms with Crippen LogP contribution in [0.4, 0.5) is 0 Å². The first-order valence-electron chi connectivity index (χ1n) is 10.7. The van der Waals surface area contributed by atoms with E-state index in [9.17, 15) is 4.79 Å². The molecule has 2 aliphatic rings. The molecule has 0 unspecified atom stereocenters. The third kappa shape index (κ3) is 6.56. The van der Waals surface area contributed by atoms with Crippen molar-refractivity contribution in [3.05, 3.63) is 0 Å². The lowest BCUT2D eigenvalue weighted by molar-refractivity contribution is -0.127. The maximum atomic E-state index is 12.6. The molecule has 0 spiro atoms. The second-order valence-electron chi connectivity index (χ2n) is 8.53. The predicted molar refractivity (Wildman–Crippen MR) is 103 cm³/mol. The van der Waals surface area contributed by atoms with Crippen LogP contribution in [0.25, 0.3) is 0 Å². The molecule has 1 amide bonds. The molecule has 0 radical (unpaired) electrons. The Bertz CT molecular complexity index is 395. The van der Waals surface area contributed by atoms with E-state index in [0.29, 0.717) is 17.9 Å². The number of ether oxygens (including phenoxy) is 1. The van der Waals surface area contributed by atoms with Crippen molar-refractivity contribution < 1.29 is 9.53 Å². The zero-order valence-corrected chi connectivity index (χ0v) is 16.5. The van der Waals surface area contributed by atoms with Crippen LogP contribution in [-0.4, -0.2) is 31.2 Å². The van der Waals surface area contributed by atoms with E-state index in [1.165, 1.54) is 57.8 Å². The molecule has 3 atom stereocenters. The molecule has 4 nitrogen and oxygen atoms in total. The van der Waals surface area contributed by atoms with Gasteiger partial charge in [0.05, 0.1) is 11.6 Å². The molecule has 2 aliphatic carbocycles. The van der Waals surface area contributed by atoms with Gasteiger partial charge in [-0.1, -0.05) is 58.3 Å². The molecule has 2 fully saturated rings. The Morgan fingerprint density at radius 2 is 1.76 bits per heavy atom. The highest BCUT2D eigenvalue weighted by Gasteiger charge is 2.39. The highest BCUT2D eigenvalue weighted by atomic mass is 16.5. The first-order chi connectivity index (χ1) is 12.1. The van der Waals surface area contributed by atoms with Crippen LogP contribution >= 0.6 is 0 Å². The van der Waals surface area contributed by atoms with E-state index in [1.807, 2.05) is 0 Å². The molecule has 25 heavy (non-hydrogen) atoms. The van der Waals surface area contributed by atoms with Crippen molar-refractivity contribution in [2.75, 3.05) is 13.7 Å². The number of hydrogen-bond acceptors (Lipinski definition) is 3. The molecular weight excluding hydrogens is 312 g/mol. The molecule has 0 saturated heterocycles. The van der Waals surface area contributed by atoms with Gasteiger partial charge in [-0.25, -0.2) is 0 Å². The van der Waals surface area contributed by atoms with Crippen LogP contribution in [0, 0.1) is 11.8 Å². The van der Waals surface area contributed by atoms with E-state index >= 15 is 0 Å². The van der Waals surface area contributed by atoms with Gasteiger partial charge in [-0.05, 0) is 43.9 Å². The number of carbonyl (C=O) groups excluding carboxylic acids is 1. The lowest BCUT2D eigenvalue weighted by atomic mass is 9.72. The molecule has 0 heterocycles. The Morgan fingerprint density at radius 1 is 1.08 bits per heavy atom. The molecule has 4 heteroatoms. The minimum absolute atomic E-state index is 0.0344. The maximum absolute atomic E-state index is 12.6. The summed E-state index contributed by atoms with van der Waals surface area (Å²) in [6.07, 6.45) is 15.4. The topological polar surface area (TPSA) is 64.3 Å². The summed E-state index contributed by atoms with van der Waals surface area (Å²) in [5, 5.41) is 2.84. The quantitative estimate of drug-likeness (QED) is 0.612. The summed E-state index contributed by atoms with van der Waals surface area (Å²) in [7, 11) is 1.72. The molecule has 0 bridgehead atoms. The highest BCUT2D eigenvalue weighted by Crippen LogP contribution is 2.37. The summed E-state index contributed by atoms with van der Waals surface area (Å²) in [6, 6.07) is 0. The molecule has 3 N–H and O–H groups in total. The minimum Gasteiger partial charge on any atom is -0.378 e. The number of carbonyl (C=O) groups is 1. The summed E-state index contributed by atoms with van der Waals surface area (Å²) in [5.41, 5.74) is 6.03. The van der Waals surface area contributed by atoms with Gasteiger partial charge in [0.15, 0.2) is 0 Å². The van der Waals surface area contributed by atoms with Crippen LogP contribution in [0.5, 0.6) is 0 Å². The van der Waals surface area contributed by atoms with Gasteiger partial charge in [-0.2, -0.15) is 0 Å². The van der Waals surface area contributed by atoms with Gasteiger partial charge in [0.25, 0.3) is 0 Å². The maximum Gasteiger partial charge on any atom is 0.239 e. The molecule has 0 aliphatic heterocycles. The second kappa shape index (κ2) is 10.5. The van der Waals surface area contributed by atoms with Crippen molar-refractivity contribution in [2.24, 2.45) is 17.6 Å². The van der Waals surface area contributed by atoms with Crippen LogP contribution in [0.3, 0.4) is 0 Å². The average molecular weight is 353 g/mol. The monoisotopic (exact) mass is 352 g/mol. The van der Waals surface area contributed by atoms with E-state index < -0.39 is 5.54 Å². The number of likely N-dealkylation sites (N-methyl/N-ethyl adjacent to an activating group) is 1. The van der Waals surface area contributed by atoms with Gasteiger partial charge in [0.1, 0.15) is 0 Å². The number of rotatable bonds is 9. The smallest absolute Gasteiger partial charge is 0.239 e. The van der Waals surface area contributed by atoms with Gasteiger partial charge in [0, 0.05) is 13.7 Å². The van der Waals surface area contributed by atoms with E-state index in [1.54, 1.807) is 7.05 Å². The van der Waals surface area contributed by atoms with Crippen molar-refractivity contribution in [2.45, 2.75) is 102 Å². The normalized spacial score (nSPS) is 27.6. The van der Waals surface area contributed by atoms with Gasteiger partial charge < -0.3 is 15.8 Å². The van der Waals surface area contributed by atoms with E-state index in [-0.39, 0.29) is 5.91 Å². The predicted octanol–water partition coefficient (Wildman–Crippen LogP) is 4.17. The average Bonchev–Trinajstić information content (AvgIpc) is 2.62. The second-order valence-corrected chi connectivity index (χ2v) is 8.53. The van der Waals surface area contributed by atoms with Crippen LogP contribution in [0.15, 0.2) is 0 Å². The Labute approximate surface area is 154 Å². The Hall–Kier alpha value is -0.610. The van der Waals surface area contributed by atoms with Gasteiger partial charge in [-0.15, -0.1) is 0 Å². The Kier molecular flexibility index (Phi) is 8.71. The third-order valence-electron chi connectivity index (χ3n) is 6.30. The largest absolute Gasteiger partial charge is 0.378 e. The molecule has 0 aromatic carbocycles. The van der Waals surface area contributed by atoms with Crippen molar-refractivity contribution in [1.82, 2.24) is 5.32 Å². The number of nitrogens with one attached hydrogen (secondary N) is 1. The molecule has 0 aromatic rings. The van der Waals surface area contributed by atoms with Crippen molar-refractivity contribution in [3.8, 4) is 0 Å². The fraction of sp³-hybridized carbons (Fsp3) is 0.952. The third-order valence-corrected chi connectivity index (χ3v) is 6.30. The summed E-state index contributed by atoms with van der Waals surface area (Å²) < 4.78 is 6.06. The van der Waals surface area contributed by atoms with Crippen LogP contribution in [0.2, 0.25) is 0 Å². The lowest BCUT2D eigenvalue weighted by Gasteiger charge is -2.38. The van der Waals surface area contributed by atoms with Gasteiger partial charge >= 0.3 is 0 Å². The van der Waals surface area contributed by atoms with Crippen molar-refractivity contribution in [3.63, 3.8) is 0 Å². The highest BCUT2D eigenvalue weighted by molar-refractivity contribution is 5.85. The van der Waals surface area contributed by atoms with E-state index in [2.05, 4.69) is 12.2 Å².